The van der Waals surface area contributed by atoms with Crippen molar-refractivity contribution >= 4 is 11.8 Å². The Balaban J connectivity index is 1.87. The van der Waals surface area contributed by atoms with Crippen LogP contribution in [0, 0.1) is 13.8 Å². The molecule has 6 nitrogen and oxygen atoms in total. The first kappa shape index (κ1) is 19.4. The number of rotatable bonds is 6. The molecule has 0 bridgehead atoms. The zero-order valence-corrected chi connectivity index (χ0v) is 16.1. The molecule has 2 heterocycles. The second-order valence-electron chi connectivity index (χ2n) is 6.66. The fourth-order valence-corrected chi connectivity index (χ4v) is 3.23. The Hall–Kier alpha value is -3.41. The first-order valence-electron chi connectivity index (χ1n) is 8.93. The van der Waals surface area contributed by atoms with Gasteiger partial charge < -0.3 is 13.9 Å². The fraction of sp³-hybridized carbons (Fsp3) is 0.227. The highest BCUT2D eigenvalue weighted by Crippen LogP contribution is 2.18. The first-order valence-corrected chi connectivity index (χ1v) is 8.93. The zero-order chi connectivity index (χ0) is 20.3. The molecule has 0 amide bonds. The van der Waals surface area contributed by atoms with Crippen LogP contribution in [0.4, 0.5) is 0 Å². The van der Waals surface area contributed by atoms with E-state index >= 15 is 0 Å². The van der Waals surface area contributed by atoms with Gasteiger partial charge in [0, 0.05) is 35.8 Å². The molecule has 0 aliphatic heterocycles. The molecule has 144 valence electrons. The van der Waals surface area contributed by atoms with E-state index in [1.54, 1.807) is 0 Å². The normalized spacial score (nSPS) is 10.7. The lowest BCUT2D eigenvalue weighted by Gasteiger charge is -2.10. The molecule has 28 heavy (non-hydrogen) atoms. The van der Waals surface area contributed by atoms with Gasteiger partial charge in [-0.15, -0.1) is 0 Å². The molecule has 0 unspecified atom stereocenters. The van der Waals surface area contributed by atoms with Crippen LogP contribution in [0.25, 0.3) is 0 Å². The Morgan fingerprint density at radius 2 is 1.75 bits per heavy atom. The quantitative estimate of drug-likeness (QED) is 0.488. The van der Waals surface area contributed by atoms with Crippen molar-refractivity contribution in [2.45, 2.75) is 26.9 Å². The van der Waals surface area contributed by atoms with Crippen LogP contribution in [0.15, 0.2) is 59.5 Å². The molecule has 0 radical (unpaired) electrons. The number of nitrogens with zero attached hydrogens (tertiary/aromatic N) is 2. The maximum absolute atomic E-state index is 12.9. The SMILES string of the molecule is COC(=O)c1ccc(=O)n(CC(=O)c2cc(C)n(Cc3ccccc3)c2C)c1. The molecule has 0 atom stereocenters. The standard InChI is InChI=1S/C22H22N2O4/c1-15-11-19(16(2)24(15)12-17-7-5-4-6-8-17)20(25)14-23-13-18(22(27)28-3)9-10-21(23)26/h4-11,13H,12,14H2,1-3H3. The van der Waals surface area contributed by atoms with Gasteiger partial charge >= 0.3 is 5.97 Å². The van der Waals surface area contributed by atoms with Gasteiger partial charge in [-0.25, -0.2) is 4.79 Å². The summed E-state index contributed by atoms with van der Waals surface area (Å²) in [6.07, 6.45) is 1.36. The van der Waals surface area contributed by atoms with Crippen LogP contribution in [-0.4, -0.2) is 28.0 Å². The van der Waals surface area contributed by atoms with Crippen LogP contribution in [0.3, 0.4) is 0 Å². The summed E-state index contributed by atoms with van der Waals surface area (Å²) in [5.74, 6) is -0.737. The Morgan fingerprint density at radius 1 is 1.04 bits per heavy atom. The van der Waals surface area contributed by atoms with Crippen LogP contribution < -0.4 is 5.56 Å². The van der Waals surface area contributed by atoms with E-state index in [0.717, 1.165) is 17.0 Å². The average Bonchev–Trinajstić information content (AvgIpc) is 2.98. The van der Waals surface area contributed by atoms with Crippen molar-refractivity contribution in [3.05, 3.63) is 93.2 Å². The lowest BCUT2D eigenvalue weighted by Crippen LogP contribution is -2.24. The van der Waals surface area contributed by atoms with Crippen LogP contribution in [0.1, 0.15) is 37.7 Å². The number of ether oxygens (including phenoxy) is 1. The number of hydrogen-bond acceptors (Lipinski definition) is 4. The van der Waals surface area contributed by atoms with E-state index in [2.05, 4.69) is 9.30 Å². The Kier molecular flexibility index (Phi) is 5.59. The van der Waals surface area contributed by atoms with Gasteiger partial charge in [-0.1, -0.05) is 30.3 Å². The summed E-state index contributed by atoms with van der Waals surface area (Å²) in [7, 11) is 1.27. The Labute approximate surface area is 163 Å². The van der Waals surface area contributed by atoms with Crippen molar-refractivity contribution in [2.24, 2.45) is 0 Å². The maximum Gasteiger partial charge on any atom is 0.339 e. The number of carbonyl (C=O) groups is 2. The molecule has 0 saturated heterocycles. The predicted octanol–water partition coefficient (Wildman–Crippen LogP) is 2.98. The molecule has 0 saturated carbocycles. The first-order chi connectivity index (χ1) is 13.4. The maximum atomic E-state index is 12.9. The zero-order valence-electron chi connectivity index (χ0n) is 16.1. The minimum Gasteiger partial charge on any atom is -0.465 e. The number of aryl methyl sites for hydroxylation is 1. The monoisotopic (exact) mass is 378 g/mol. The lowest BCUT2D eigenvalue weighted by atomic mass is 10.1. The number of benzene rings is 1. The minimum atomic E-state index is -0.553. The van der Waals surface area contributed by atoms with Crippen molar-refractivity contribution in [1.29, 1.82) is 0 Å². The van der Waals surface area contributed by atoms with Crippen molar-refractivity contribution in [2.75, 3.05) is 7.11 Å². The summed E-state index contributed by atoms with van der Waals surface area (Å²) in [6, 6.07) is 14.5. The molecule has 3 aromatic rings. The van der Waals surface area contributed by atoms with Gasteiger partial charge in [0.2, 0.25) is 0 Å². The van der Waals surface area contributed by atoms with E-state index in [4.69, 9.17) is 0 Å². The second kappa shape index (κ2) is 8.08. The molecule has 2 aromatic heterocycles. The van der Waals surface area contributed by atoms with Crippen molar-refractivity contribution < 1.29 is 14.3 Å². The van der Waals surface area contributed by atoms with E-state index in [9.17, 15) is 14.4 Å². The van der Waals surface area contributed by atoms with Crippen LogP contribution >= 0.6 is 0 Å². The van der Waals surface area contributed by atoms with E-state index < -0.39 is 5.97 Å². The van der Waals surface area contributed by atoms with Gasteiger partial charge in [-0.2, -0.15) is 0 Å². The molecule has 6 heteroatoms. The third kappa shape index (κ3) is 3.96. The van der Waals surface area contributed by atoms with Crippen LogP contribution in [0.5, 0.6) is 0 Å². The topological polar surface area (TPSA) is 70.3 Å². The summed E-state index contributed by atoms with van der Waals surface area (Å²) < 4.78 is 7.99. The number of carbonyl (C=O) groups excluding carboxylic acids is 2. The molecule has 0 aliphatic carbocycles. The Bertz CT molecular complexity index is 1080. The molecule has 0 N–H and O–H groups in total. The number of aromatic nitrogens is 2. The van der Waals surface area contributed by atoms with Gasteiger partial charge in [0.1, 0.15) is 0 Å². The summed E-state index contributed by atoms with van der Waals surface area (Å²) in [5.41, 5.74) is 3.42. The third-order valence-electron chi connectivity index (χ3n) is 4.78. The molecular weight excluding hydrogens is 356 g/mol. The Morgan fingerprint density at radius 3 is 2.43 bits per heavy atom. The number of hydrogen-bond donors (Lipinski definition) is 0. The van der Waals surface area contributed by atoms with Crippen LogP contribution in [0.2, 0.25) is 0 Å². The second-order valence-corrected chi connectivity index (χ2v) is 6.66. The number of pyridine rings is 1. The van der Waals surface area contributed by atoms with Gasteiger partial charge in [-0.3, -0.25) is 9.59 Å². The largest absolute Gasteiger partial charge is 0.465 e. The molecule has 1 aromatic carbocycles. The van der Waals surface area contributed by atoms with E-state index in [1.165, 1.54) is 30.0 Å². The smallest absolute Gasteiger partial charge is 0.339 e. The molecule has 0 fully saturated rings. The predicted molar refractivity (Wildman–Crippen MR) is 106 cm³/mol. The number of methoxy groups -OCH3 is 1. The van der Waals surface area contributed by atoms with Crippen molar-refractivity contribution in [1.82, 2.24) is 9.13 Å². The van der Waals surface area contributed by atoms with E-state index in [-0.39, 0.29) is 23.5 Å². The summed E-state index contributed by atoms with van der Waals surface area (Å²) in [6.45, 7) is 4.39. The highest BCUT2D eigenvalue weighted by atomic mass is 16.5. The summed E-state index contributed by atoms with van der Waals surface area (Å²) in [4.78, 5) is 36.6. The van der Waals surface area contributed by atoms with Crippen LogP contribution in [-0.2, 0) is 17.8 Å². The number of ketones is 1. The highest BCUT2D eigenvalue weighted by Gasteiger charge is 2.17. The molecule has 0 aliphatic rings. The van der Waals surface area contributed by atoms with Crippen molar-refractivity contribution in [3.8, 4) is 0 Å². The summed E-state index contributed by atoms with van der Waals surface area (Å²) >= 11 is 0. The highest BCUT2D eigenvalue weighted by molar-refractivity contribution is 5.97. The minimum absolute atomic E-state index is 0.140. The van der Waals surface area contributed by atoms with Gasteiger partial charge in [0.25, 0.3) is 5.56 Å². The van der Waals surface area contributed by atoms with Gasteiger partial charge in [0.05, 0.1) is 19.2 Å². The van der Waals surface area contributed by atoms with E-state index in [0.29, 0.717) is 12.1 Å². The van der Waals surface area contributed by atoms with Crippen molar-refractivity contribution in [3.63, 3.8) is 0 Å². The number of Topliss-reactive ketones (excluding diaryl/α,β-unsaturated/α-hetero) is 1. The van der Waals surface area contributed by atoms with Gasteiger partial charge in [0.15, 0.2) is 5.78 Å². The lowest BCUT2D eigenvalue weighted by molar-refractivity contribution is 0.0599. The molecule has 0 spiro atoms. The summed E-state index contributed by atoms with van der Waals surface area (Å²) in [5, 5.41) is 0. The third-order valence-corrected chi connectivity index (χ3v) is 4.78. The number of esters is 1. The van der Waals surface area contributed by atoms with Gasteiger partial charge in [-0.05, 0) is 31.5 Å². The average molecular weight is 378 g/mol. The molecule has 3 rings (SSSR count). The molecular formula is C22H22N2O4. The van der Waals surface area contributed by atoms with E-state index in [1.807, 2.05) is 50.2 Å². The fourth-order valence-electron chi connectivity index (χ4n) is 3.23.